The summed E-state index contributed by atoms with van der Waals surface area (Å²) in [4.78, 5) is 0. The summed E-state index contributed by atoms with van der Waals surface area (Å²) in [7, 11) is 0. The first kappa shape index (κ1) is 15.4. The van der Waals surface area contributed by atoms with Gasteiger partial charge in [0.2, 0.25) is 0 Å². The Morgan fingerprint density at radius 3 is 2.78 bits per heavy atom. The summed E-state index contributed by atoms with van der Waals surface area (Å²) in [6, 6.07) is 4.82. The van der Waals surface area contributed by atoms with Gasteiger partial charge in [0.1, 0.15) is 6.61 Å². The Labute approximate surface area is 117 Å². The molecule has 0 heterocycles. The van der Waals surface area contributed by atoms with Crippen molar-refractivity contribution in [2.45, 2.75) is 26.7 Å². The third kappa shape index (κ3) is 6.36. The molecule has 0 atom stereocenters. The largest absolute Gasteiger partial charge is 0.489 e. The second-order valence-corrected chi connectivity index (χ2v) is 5.62. The number of nitrogens with one attached hydrogen (secondary N) is 1. The van der Waals surface area contributed by atoms with E-state index in [1.54, 1.807) is 12.1 Å². The summed E-state index contributed by atoms with van der Waals surface area (Å²) in [5, 5.41) is 3.29. The van der Waals surface area contributed by atoms with Crippen LogP contribution in [0.4, 0.5) is 4.39 Å². The van der Waals surface area contributed by atoms with E-state index in [0.717, 1.165) is 23.5 Å². The number of hydrogen-bond donors (Lipinski definition) is 1. The van der Waals surface area contributed by atoms with Crippen molar-refractivity contribution in [1.82, 2.24) is 5.32 Å². The van der Waals surface area contributed by atoms with E-state index in [1.807, 2.05) is 0 Å². The minimum atomic E-state index is -0.329. The Morgan fingerprint density at radius 2 is 2.11 bits per heavy atom. The van der Waals surface area contributed by atoms with Gasteiger partial charge in [-0.3, -0.25) is 0 Å². The van der Waals surface area contributed by atoms with Crippen molar-refractivity contribution >= 4 is 15.9 Å². The highest BCUT2D eigenvalue weighted by molar-refractivity contribution is 9.10. The normalized spacial score (nSPS) is 10.9. The molecule has 0 aliphatic heterocycles. The number of halogens is 2. The molecule has 2 nitrogen and oxygen atoms in total. The zero-order valence-corrected chi connectivity index (χ0v) is 12.6. The molecule has 0 radical (unpaired) electrons. The van der Waals surface area contributed by atoms with Crippen molar-refractivity contribution < 1.29 is 9.13 Å². The van der Waals surface area contributed by atoms with Gasteiger partial charge < -0.3 is 10.1 Å². The number of hydrogen-bond acceptors (Lipinski definition) is 2. The molecule has 0 bridgehead atoms. The van der Waals surface area contributed by atoms with Gasteiger partial charge in [-0.1, -0.05) is 29.8 Å². The van der Waals surface area contributed by atoms with Crippen molar-refractivity contribution in [2.75, 3.05) is 19.7 Å². The zero-order valence-electron chi connectivity index (χ0n) is 11.0. The molecule has 0 unspecified atom stereocenters. The smallest absolute Gasteiger partial charge is 0.166 e. The first-order chi connectivity index (χ1) is 8.59. The molecule has 1 aromatic rings. The summed E-state index contributed by atoms with van der Waals surface area (Å²) < 4.78 is 19.5. The predicted octanol–water partition coefficient (Wildman–Crippen LogP) is 3.99. The maximum Gasteiger partial charge on any atom is 0.166 e. The number of ether oxygens (including phenoxy) is 1. The lowest BCUT2D eigenvalue weighted by atomic mass is 10.1. The Bertz CT molecular complexity index is 358. The average molecular weight is 318 g/mol. The molecule has 18 heavy (non-hydrogen) atoms. The summed E-state index contributed by atoms with van der Waals surface area (Å²) in [6.07, 6.45) is 2.40. The number of benzene rings is 1. The van der Waals surface area contributed by atoms with E-state index < -0.39 is 0 Å². The average Bonchev–Trinajstić information content (AvgIpc) is 2.30. The number of rotatable bonds is 8. The summed E-state index contributed by atoms with van der Waals surface area (Å²) in [5.41, 5.74) is 0. The van der Waals surface area contributed by atoms with Crippen molar-refractivity contribution in [3.05, 3.63) is 28.5 Å². The molecular weight excluding hydrogens is 297 g/mol. The van der Waals surface area contributed by atoms with E-state index in [4.69, 9.17) is 4.74 Å². The quantitative estimate of drug-likeness (QED) is 0.732. The van der Waals surface area contributed by atoms with Gasteiger partial charge in [0.05, 0.1) is 0 Å². The van der Waals surface area contributed by atoms with Crippen LogP contribution in [0.1, 0.15) is 26.7 Å². The second kappa shape index (κ2) is 8.48. The van der Waals surface area contributed by atoms with Gasteiger partial charge in [0, 0.05) is 11.0 Å². The minimum Gasteiger partial charge on any atom is -0.489 e. The lowest BCUT2D eigenvalue weighted by Gasteiger charge is -2.09. The van der Waals surface area contributed by atoms with E-state index in [1.165, 1.54) is 18.9 Å². The van der Waals surface area contributed by atoms with Crippen LogP contribution < -0.4 is 10.1 Å². The molecule has 0 aliphatic carbocycles. The Balaban J connectivity index is 2.11. The van der Waals surface area contributed by atoms with Gasteiger partial charge in [-0.05, 0) is 43.5 Å². The predicted molar refractivity (Wildman–Crippen MR) is 76.5 cm³/mol. The van der Waals surface area contributed by atoms with Gasteiger partial charge >= 0.3 is 0 Å². The lowest BCUT2D eigenvalue weighted by molar-refractivity contribution is 0.298. The van der Waals surface area contributed by atoms with Gasteiger partial charge in [-0.2, -0.15) is 0 Å². The summed E-state index contributed by atoms with van der Waals surface area (Å²) >= 11 is 3.21. The maximum atomic E-state index is 13.4. The fourth-order valence-corrected chi connectivity index (χ4v) is 1.92. The van der Waals surface area contributed by atoms with Crippen molar-refractivity contribution in [3.8, 4) is 5.75 Å². The molecule has 0 amide bonds. The molecular formula is C14H21BrFNO. The highest BCUT2D eigenvalue weighted by Gasteiger charge is 2.03. The van der Waals surface area contributed by atoms with Crippen LogP contribution in [0.25, 0.3) is 0 Å². The van der Waals surface area contributed by atoms with Crippen LogP contribution in [-0.4, -0.2) is 19.7 Å². The molecule has 4 heteroatoms. The van der Waals surface area contributed by atoms with Gasteiger partial charge in [0.15, 0.2) is 11.6 Å². The molecule has 1 aromatic carbocycles. The zero-order chi connectivity index (χ0) is 13.4. The van der Waals surface area contributed by atoms with E-state index in [9.17, 15) is 4.39 Å². The highest BCUT2D eigenvalue weighted by atomic mass is 79.9. The molecule has 0 saturated carbocycles. The third-order valence-corrected chi connectivity index (χ3v) is 3.06. The van der Waals surface area contributed by atoms with Crippen LogP contribution in [0, 0.1) is 11.7 Å². The van der Waals surface area contributed by atoms with E-state index >= 15 is 0 Å². The summed E-state index contributed by atoms with van der Waals surface area (Å²) in [5.74, 6) is 0.728. The monoisotopic (exact) mass is 317 g/mol. The molecule has 1 rings (SSSR count). The van der Waals surface area contributed by atoms with Gasteiger partial charge in [0.25, 0.3) is 0 Å². The second-order valence-electron chi connectivity index (χ2n) is 4.71. The highest BCUT2D eigenvalue weighted by Crippen LogP contribution is 2.21. The Morgan fingerprint density at radius 1 is 1.33 bits per heavy atom. The first-order valence-corrected chi connectivity index (χ1v) is 7.17. The van der Waals surface area contributed by atoms with Gasteiger partial charge in [-0.25, -0.2) is 4.39 Å². The topological polar surface area (TPSA) is 21.3 Å². The van der Waals surface area contributed by atoms with Crippen molar-refractivity contribution in [2.24, 2.45) is 5.92 Å². The van der Waals surface area contributed by atoms with Crippen LogP contribution in [-0.2, 0) is 0 Å². The molecule has 0 fully saturated rings. The molecule has 1 N–H and O–H groups in total. The molecule has 0 spiro atoms. The molecule has 0 saturated heterocycles. The van der Waals surface area contributed by atoms with Crippen LogP contribution >= 0.6 is 15.9 Å². The summed E-state index contributed by atoms with van der Waals surface area (Å²) in [6.45, 7) is 6.66. The van der Waals surface area contributed by atoms with E-state index in [2.05, 4.69) is 35.1 Å². The first-order valence-electron chi connectivity index (χ1n) is 6.38. The van der Waals surface area contributed by atoms with Crippen LogP contribution in [0.3, 0.4) is 0 Å². The van der Waals surface area contributed by atoms with E-state index in [-0.39, 0.29) is 5.82 Å². The molecule has 102 valence electrons. The molecule has 0 aliphatic rings. The standard InChI is InChI=1S/C14H21BrFNO/c1-11(2)4-3-7-17-8-9-18-14-6-5-12(15)10-13(14)16/h5-6,10-11,17H,3-4,7-9H2,1-2H3. The fourth-order valence-electron chi connectivity index (χ4n) is 1.59. The van der Waals surface area contributed by atoms with Crippen molar-refractivity contribution in [3.63, 3.8) is 0 Å². The maximum absolute atomic E-state index is 13.4. The minimum absolute atomic E-state index is 0.308. The third-order valence-electron chi connectivity index (χ3n) is 2.57. The lowest BCUT2D eigenvalue weighted by Crippen LogP contribution is -2.22. The molecule has 0 aromatic heterocycles. The van der Waals surface area contributed by atoms with Crippen LogP contribution in [0.5, 0.6) is 5.75 Å². The Hall–Kier alpha value is -0.610. The van der Waals surface area contributed by atoms with Gasteiger partial charge in [-0.15, -0.1) is 0 Å². The van der Waals surface area contributed by atoms with Crippen molar-refractivity contribution in [1.29, 1.82) is 0 Å². The SMILES string of the molecule is CC(C)CCCNCCOc1ccc(Br)cc1F. The van der Waals surface area contributed by atoms with Crippen LogP contribution in [0.2, 0.25) is 0 Å². The van der Waals surface area contributed by atoms with Crippen LogP contribution in [0.15, 0.2) is 22.7 Å². The van der Waals surface area contributed by atoms with E-state index in [0.29, 0.717) is 12.4 Å². The fraction of sp³-hybridized carbons (Fsp3) is 0.571. The Kier molecular flexibility index (Phi) is 7.28.